The van der Waals surface area contributed by atoms with Crippen molar-refractivity contribution in [2.24, 2.45) is 11.8 Å². The van der Waals surface area contributed by atoms with E-state index < -0.39 is 5.60 Å². The number of aliphatic hydroxyl groups is 1. The summed E-state index contributed by atoms with van der Waals surface area (Å²) in [5.41, 5.74) is -0.119. The van der Waals surface area contributed by atoms with Crippen molar-refractivity contribution in [3.8, 4) is 0 Å². The number of carbonyl (C=O) groups is 2. The summed E-state index contributed by atoms with van der Waals surface area (Å²) in [4.78, 5) is 24.3. The lowest BCUT2D eigenvalue weighted by Gasteiger charge is -2.37. The number of carbonyl (C=O) groups excluding carboxylic acids is 2. The van der Waals surface area contributed by atoms with Crippen LogP contribution < -0.4 is 5.32 Å². The van der Waals surface area contributed by atoms with Gasteiger partial charge in [-0.1, -0.05) is 42.1 Å². The summed E-state index contributed by atoms with van der Waals surface area (Å²) in [6.07, 6.45) is 4.24. The molecule has 4 nitrogen and oxygen atoms in total. The van der Waals surface area contributed by atoms with Crippen LogP contribution in [0.15, 0.2) is 30.3 Å². The predicted octanol–water partition coefficient (Wildman–Crippen LogP) is 3.78. The number of fused-ring (bicyclic) bond motifs is 1. The predicted molar refractivity (Wildman–Crippen MR) is 105 cm³/mol. The van der Waals surface area contributed by atoms with Crippen molar-refractivity contribution >= 4 is 22.8 Å². The summed E-state index contributed by atoms with van der Waals surface area (Å²) >= 11 is 1.36. The van der Waals surface area contributed by atoms with Gasteiger partial charge >= 0.3 is 0 Å². The topological polar surface area (TPSA) is 66.4 Å². The Morgan fingerprint density at radius 3 is 2.50 bits per heavy atom. The molecule has 0 spiro atoms. The van der Waals surface area contributed by atoms with Gasteiger partial charge in [0, 0.05) is 23.3 Å². The van der Waals surface area contributed by atoms with Crippen molar-refractivity contribution in [1.29, 1.82) is 0 Å². The molecule has 3 rings (SSSR count). The largest absolute Gasteiger partial charge is 0.390 e. The van der Waals surface area contributed by atoms with Gasteiger partial charge in [0.1, 0.15) is 0 Å². The smallest absolute Gasteiger partial charge is 0.219 e. The molecule has 2 aliphatic carbocycles. The van der Waals surface area contributed by atoms with Crippen LogP contribution in [0, 0.1) is 11.8 Å². The molecule has 0 heterocycles. The molecule has 2 fully saturated rings. The average molecular weight is 376 g/mol. The fourth-order valence-corrected chi connectivity index (χ4v) is 6.36. The van der Waals surface area contributed by atoms with Gasteiger partial charge in [-0.25, -0.2) is 0 Å². The van der Waals surface area contributed by atoms with Crippen LogP contribution in [0.1, 0.15) is 63.2 Å². The monoisotopic (exact) mass is 375 g/mol. The van der Waals surface area contributed by atoms with Gasteiger partial charge in [-0.3, -0.25) is 9.59 Å². The number of amides is 1. The molecule has 5 unspecified atom stereocenters. The van der Waals surface area contributed by atoms with Gasteiger partial charge in [0.2, 0.25) is 11.0 Å². The lowest BCUT2D eigenvalue weighted by Crippen LogP contribution is -2.43. The van der Waals surface area contributed by atoms with Crippen LogP contribution in [0.5, 0.6) is 0 Å². The fourth-order valence-electron chi connectivity index (χ4n) is 5.08. The van der Waals surface area contributed by atoms with Crippen LogP contribution in [-0.4, -0.2) is 32.5 Å². The Morgan fingerprint density at radius 2 is 1.85 bits per heavy atom. The molecule has 5 atom stereocenters. The summed E-state index contributed by atoms with van der Waals surface area (Å²) in [7, 11) is 0. The first-order chi connectivity index (χ1) is 12.2. The molecule has 0 saturated heterocycles. The molecule has 0 bridgehead atoms. The zero-order valence-corrected chi connectivity index (χ0v) is 16.6. The van der Waals surface area contributed by atoms with E-state index in [1.165, 1.54) is 11.8 Å². The van der Waals surface area contributed by atoms with E-state index in [9.17, 15) is 14.7 Å². The third kappa shape index (κ3) is 4.15. The number of thioether (sulfide) groups is 1. The van der Waals surface area contributed by atoms with Gasteiger partial charge in [0.05, 0.1) is 5.60 Å². The van der Waals surface area contributed by atoms with Gasteiger partial charge in [-0.05, 0) is 57.8 Å². The van der Waals surface area contributed by atoms with E-state index in [1.54, 1.807) is 6.92 Å². The number of benzene rings is 1. The highest BCUT2D eigenvalue weighted by molar-refractivity contribution is 8.15. The van der Waals surface area contributed by atoms with Crippen LogP contribution >= 0.6 is 11.8 Å². The Bertz CT molecular complexity index is 675. The van der Waals surface area contributed by atoms with E-state index in [0.29, 0.717) is 12.0 Å². The summed E-state index contributed by atoms with van der Waals surface area (Å²) < 4.78 is -0.304. The second kappa shape index (κ2) is 7.35. The zero-order chi connectivity index (χ0) is 18.9. The highest BCUT2D eigenvalue weighted by Crippen LogP contribution is 2.52. The maximum atomic E-state index is 12.7. The summed E-state index contributed by atoms with van der Waals surface area (Å²) in [5.74, 6) is 0.452. The van der Waals surface area contributed by atoms with Gasteiger partial charge in [0.15, 0.2) is 0 Å². The van der Waals surface area contributed by atoms with E-state index in [1.807, 2.05) is 37.3 Å². The molecular formula is C21H29NO3S. The minimum atomic E-state index is -0.826. The molecule has 1 aromatic rings. The Hall–Kier alpha value is -1.33. The first-order valence-electron chi connectivity index (χ1n) is 9.48. The van der Waals surface area contributed by atoms with E-state index in [0.717, 1.165) is 25.7 Å². The zero-order valence-electron chi connectivity index (χ0n) is 15.8. The van der Waals surface area contributed by atoms with Gasteiger partial charge < -0.3 is 10.4 Å². The van der Waals surface area contributed by atoms with E-state index >= 15 is 0 Å². The van der Waals surface area contributed by atoms with E-state index in [2.05, 4.69) is 12.2 Å². The molecule has 0 aromatic heterocycles. The Kier molecular flexibility index (Phi) is 5.50. The van der Waals surface area contributed by atoms with Gasteiger partial charge in [-0.15, -0.1) is 0 Å². The first-order valence-corrected chi connectivity index (χ1v) is 10.3. The average Bonchev–Trinajstić information content (AvgIpc) is 2.92. The van der Waals surface area contributed by atoms with Crippen molar-refractivity contribution in [3.63, 3.8) is 0 Å². The molecule has 2 aliphatic rings. The summed E-state index contributed by atoms with van der Waals surface area (Å²) in [6.45, 7) is 5.57. The second-order valence-electron chi connectivity index (χ2n) is 8.43. The molecule has 5 heteroatoms. The van der Waals surface area contributed by atoms with Crippen LogP contribution in [0.3, 0.4) is 0 Å². The normalized spacial score (nSPS) is 36.8. The Morgan fingerprint density at radius 1 is 1.15 bits per heavy atom. The minimum absolute atomic E-state index is 0.00377. The molecule has 0 aliphatic heterocycles. The van der Waals surface area contributed by atoms with Crippen molar-refractivity contribution in [2.45, 2.75) is 69.3 Å². The third-order valence-corrected chi connectivity index (χ3v) is 7.36. The van der Waals surface area contributed by atoms with Crippen molar-refractivity contribution < 1.29 is 14.7 Å². The third-order valence-electron chi connectivity index (χ3n) is 6.10. The molecule has 1 aromatic carbocycles. The molecule has 142 valence electrons. The van der Waals surface area contributed by atoms with Crippen LogP contribution in [-0.2, 0) is 4.79 Å². The highest BCUT2D eigenvalue weighted by atomic mass is 32.2. The van der Waals surface area contributed by atoms with Crippen molar-refractivity contribution in [2.75, 3.05) is 0 Å². The van der Waals surface area contributed by atoms with Crippen LogP contribution in [0.4, 0.5) is 0 Å². The lowest BCUT2D eigenvalue weighted by atomic mass is 9.78. The van der Waals surface area contributed by atoms with Gasteiger partial charge in [-0.2, -0.15) is 0 Å². The fraction of sp³-hybridized carbons (Fsp3) is 0.619. The summed E-state index contributed by atoms with van der Waals surface area (Å²) in [5, 5.41) is 14.4. The quantitative estimate of drug-likeness (QED) is 0.844. The SMILES string of the molecule is CC(=O)NC1CCC2C1CCC(C)(SC(=O)c1ccccc1)CC2(C)O. The molecule has 0 radical (unpaired) electrons. The molecule has 2 saturated carbocycles. The standard InChI is InChI=1S/C21H29NO3S/c1-14(23)22-18-10-9-17-16(18)11-12-20(2,13-21(17,3)25)26-19(24)15-7-5-4-6-8-15/h4-8,16-18,25H,9-13H2,1-3H3,(H,22,23). The lowest BCUT2D eigenvalue weighted by molar-refractivity contribution is -0.120. The van der Waals surface area contributed by atoms with Crippen molar-refractivity contribution in [1.82, 2.24) is 5.32 Å². The van der Waals surface area contributed by atoms with Crippen molar-refractivity contribution in [3.05, 3.63) is 35.9 Å². The van der Waals surface area contributed by atoms with Gasteiger partial charge in [0.25, 0.3) is 0 Å². The maximum absolute atomic E-state index is 12.7. The van der Waals surface area contributed by atoms with Crippen LogP contribution in [0.25, 0.3) is 0 Å². The first kappa shape index (κ1) is 19.4. The highest BCUT2D eigenvalue weighted by Gasteiger charge is 2.51. The Balaban J connectivity index is 1.77. The number of hydrogen-bond donors (Lipinski definition) is 2. The van der Waals surface area contributed by atoms with Crippen LogP contribution in [0.2, 0.25) is 0 Å². The maximum Gasteiger partial charge on any atom is 0.219 e. The molecular weight excluding hydrogens is 346 g/mol. The number of nitrogens with one attached hydrogen (secondary N) is 1. The number of rotatable bonds is 3. The van der Waals surface area contributed by atoms with E-state index in [-0.39, 0.29) is 33.6 Å². The molecule has 26 heavy (non-hydrogen) atoms. The molecule has 1 amide bonds. The minimum Gasteiger partial charge on any atom is -0.390 e. The Labute approximate surface area is 160 Å². The van der Waals surface area contributed by atoms with E-state index in [4.69, 9.17) is 0 Å². The molecule has 2 N–H and O–H groups in total. The second-order valence-corrected chi connectivity index (χ2v) is 9.99. The summed E-state index contributed by atoms with van der Waals surface area (Å²) in [6, 6.07) is 9.48. The number of hydrogen-bond acceptors (Lipinski definition) is 4.